The SMILES string of the molecule is Cc1ccc(S(=O)(=O)N2CCN(CC3CCOC3)C2=N[N+](=O)[O-])cc1. The van der Waals surface area contributed by atoms with Crippen LogP contribution >= 0.6 is 0 Å². The summed E-state index contributed by atoms with van der Waals surface area (Å²) in [5.74, 6) is 0.0939. The van der Waals surface area contributed by atoms with Crippen LogP contribution < -0.4 is 0 Å². The van der Waals surface area contributed by atoms with Crippen molar-refractivity contribution in [2.24, 2.45) is 11.0 Å². The number of nitro groups is 1. The second-order valence-electron chi connectivity index (χ2n) is 6.20. The number of aryl methyl sites for hydroxylation is 1. The van der Waals surface area contributed by atoms with Crippen LogP contribution in [0.3, 0.4) is 0 Å². The Morgan fingerprint density at radius 1 is 1.32 bits per heavy atom. The first-order valence-electron chi connectivity index (χ1n) is 8.03. The summed E-state index contributed by atoms with van der Waals surface area (Å²) < 4.78 is 32.1. The quantitative estimate of drug-likeness (QED) is 0.564. The van der Waals surface area contributed by atoms with Crippen LogP contribution in [0.2, 0.25) is 0 Å². The molecule has 1 unspecified atom stereocenters. The van der Waals surface area contributed by atoms with Gasteiger partial charge in [0.2, 0.25) is 0 Å². The molecule has 1 aromatic carbocycles. The molecule has 2 aliphatic heterocycles. The Bertz CT molecular complexity index is 772. The number of benzene rings is 1. The van der Waals surface area contributed by atoms with E-state index in [1.54, 1.807) is 17.0 Å². The van der Waals surface area contributed by atoms with E-state index in [1.165, 1.54) is 12.1 Å². The monoisotopic (exact) mass is 368 g/mol. The molecule has 0 saturated carbocycles. The van der Waals surface area contributed by atoms with Crippen LogP contribution in [0.5, 0.6) is 0 Å². The molecule has 1 aromatic rings. The summed E-state index contributed by atoms with van der Waals surface area (Å²) in [6, 6.07) is 6.39. The lowest BCUT2D eigenvalue weighted by Gasteiger charge is -2.22. The normalized spacial score (nSPS) is 22.8. The summed E-state index contributed by atoms with van der Waals surface area (Å²) >= 11 is 0. The minimum atomic E-state index is -3.89. The molecule has 1 atom stereocenters. The Hall–Kier alpha value is -2.20. The fraction of sp³-hybridized carbons (Fsp3) is 0.533. The first kappa shape index (κ1) is 17.6. The molecule has 10 heteroatoms. The number of sulfonamides is 1. The predicted molar refractivity (Wildman–Crippen MR) is 90.0 cm³/mol. The number of hydrazone groups is 1. The molecule has 0 bridgehead atoms. The lowest BCUT2D eigenvalue weighted by Crippen LogP contribution is -2.40. The molecule has 2 aliphatic rings. The lowest BCUT2D eigenvalue weighted by atomic mass is 10.1. The summed E-state index contributed by atoms with van der Waals surface area (Å²) in [7, 11) is -3.89. The maximum absolute atomic E-state index is 12.9. The summed E-state index contributed by atoms with van der Waals surface area (Å²) in [4.78, 5) is 12.7. The number of hydrogen-bond acceptors (Lipinski definition) is 5. The van der Waals surface area contributed by atoms with Crippen molar-refractivity contribution in [3.63, 3.8) is 0 Å². The second-order valence-corrected chi connectivity index (χ2v) is 8.07. The topological polar surface area (TPSA) is 105 Å². The smallest absolute Gasteiger partial charge is 0.288 e. The molecule has 0 amide bonds. The van der Waals surface area contributed by atoms with Crippen molar-refractivity contribution >= 4 is 16.0 Å². The highest BCUT2D eigenvalue weighted by Gasteiger charge is 2.39. The minimum Gasteiger partial charge on any atom is -0.381 e. The molecule has 0 spiro atoms. The summed E-state index contributed by atoms with van der Waals surface area (Å²) in [6.07, 6.45) is 0.854. The number of rotatable bonds is 5. The Labute approximate surface area is 146 Å². The highest BCUT2D eigenvalue weighted by Crippen LogP contribution is 2.24. The zero-order valence-corrected chi connectivity index (χ0v) is 14.7. The van der Waals surface area contributed by atoms with Gasteiger partial charge < -0.3 is 9.64 Å². The maximum atomic E-state index is 12.9. The van der Waals surface area contributed by atoms with Crippen LogP contribution in [0.1, 0.15) is 12.0 Å². The van der Waals surface area contributed by atoms with Crippen LogP contribution in [-0.4, -0.2) is 61.5 Å². The third-order valence-corrected chi connectivity index (χ3v) is 6.16. The van der Waals surface area contributed by atoms with Gasteiger partial charge in [-0.05, 0) is 25.5 Å². The van der Waals surface area contributed by atoms with E-state index in [4.69, 9.17) is 4.74 Å². The predicted octanol–water partition coefficient (Wildman–Crippen LogP) is 0.886. The molecule has 2 fully saturated rings. The Kier molecular flexibility index (Phi) is 4.91. The van der Waals surface area contributed by atoms with Gasteiger partial charge in [-0.2, -0.15) is 0 Å². The molecule has 2 heterocycles. The molecule has 25 heavy (non-hydrogen) atoms. The zero-order chi connectivity index (χ0) is 18.0. The second kappa shape index (κ2) is 6.96. The first-order valence-corrected chi connectivity index (χ1v) is 9.47. The van der Waals surface area contributed by atoms with Crippen LogP contribution in [0.15, 0.2) is 34.3 Å². The van der Waals surface area contributed by atoms with E-state index in [0.717, 1.165) is 16.3 Å². The molecular weight excluding hydrogens is 348 g/mol. The van der Waals surface area contributed by atoms with Crippen molar-refractivity contribution in [2.45, 2.75) is 18.2 Å². The lowest BCUT2D eigenvalue weighted by molar-refractivity contribution is -0.486. The van der Waals surface area contributed by atoms with Gasteiger partial charge in [0.15, 0.2) is 5.03 Å². The standard InChI is InChI=1S/C15H20N4O5S/c1-12-2-4-14(5-3-12)25(22,23)18-8-7-17(15(18)16-19(20)21)10-13-6-9-24-11-13/h2-5,13H,6-11H2,1H3. The highest BCUT2D eigenvalue weighted by atomic mass is 32.2. The molecule has 9 nitrogen and oxygen atoms in total. The van der Waals surface area contributed by atoms with Gasteiger partial charge in [0.05, 0.1) is 18.0 Å². The molecule has 0 aromatic heterocycles. The van der Waals surface area contributed by atoms with E-state index in [9.17, 15) is 18.5 Å². The van der Waals surface area contributed by atoms with Gasteiger partial charge in [-0.25, -0.2) is 22.8 Å². The zero-order valence-electron chi connectivity index (χ0n) is 13.9. The van der Waals surface area contributed by atoms with Crippen molar-refractivity contribution in [1.82, 2.24) is 9.21 Å². The van der Waals surface area contributed by atoms with Crippen molar-refractivity contribution < 1.29 is 18.2 Å². The Morgan fingerprint density at radius 2 is 2.04 bits per heavy atom. The van der Waals surface area contributed by atoms with Gasteiger partial charge in [0, 0.05) is 25.6 Å². The average molecular weight is 368 g/mol. The van der Waals surface area contributed by atoms with Crippen molar-refractivity contribution in [1.29, 1.82) is 0 Å². The van der Waals surface area contributed by atoms with E-state index in [0.29, 0.717) is 26.3 Å². The molecular formula is C15H20N4O5S. The number of nitrogens with zero attached hydrogens (tertiary/aromatic N) is 4. The Morgan fingerprint density at radius 3 is 2.64 bits per heavy atom. The van der Waals surface area contributed by atoms with E-state index >= 15 is 0 Å². The van der Waals surface area contributed by atoms with Crippen molar-refractivity contribution in [3.8, 4) is 0 Å². The number of guanidine groups is 1. The van der Waals surface area contributed by atoms with Crippen LogP contribution in [-0.2, 0) is 14.8 Å². The minimum absolute atomic E-state index is 0.0974. The first-order chi connectivity index (χ1) is 11.9. The molecule has 3 rings (SSSR count). The molecule has 0 N–H and O–H groups in total. The van der Waals surface area contributed by atoms with Crippen LogP contribution in [0.25, 0.3) is 0 Å². The van der Waals surface area contributed by atoms with Gasteiger partial charge in [0.1, 0.15) is 5.10 Å². The largest absolute Gasteiger partial charge is 0.381 e. The molecule has 2 saturated heterocycles. The summed E-state index contributed by atoms with van der Waals surface area (Å²) in [5, 5.41) is 13.4. The fourth-order valence-corrected chi connectivity index (χ4v) is 4.46. The van der Waals surface area contributed by atoms with Gasteiger partial charge in [-0.15, -0.1) is 0 Å². The Balaban J connectivity index is 1.88. The van der Waals surface area contributed by atoms with E-state index in [2.05, 4.69) is 5.10 Å². The fourth-order valence-electron chi connectivity index (χ4n) is 3.03. The van der Waals surface area contributed by atoms with Gasteiger partial charge in [0.25, 0.3) is 16.0 Å². The van der Waals surface area contributed by atoms with E-state index < -0.39 is 15.1 Å². The van der Waals surface area contributed by atoms with Gasteiger partial charge in [-0.1, -0.05) is 17.7 Å². The summed E-state index contributed by atoms with van der Waals surface area (Å²) in [6.45, 7) is 4.09. The molecule has 0 aliphatic carbocycles. The maximum Gasteiger partial charge on any atom is 0.288 e. The molecule has 0 radical (unpaired) electrons. The van der Waals surface area contributed by atoms with Crippen molar-refractivity contribution in [2.75, 3.05) is 32.8 Å². The summed E-state index contributed by atoms with van der Waals surface area (Å²) in [5.41, 5.74) is 0.933. The van der Waals surface area contributed by atoms with Crippen LogP contribution in [0.4, 0.5) is 0 Å². The van der Waals surface area contributed by atoms with E-state index in [1.807, 2.05) is 6.92 Å². The van der Waals surface area contributed by atoms with Gasteiger partial charge in [-0.3, -0.25) is 0 Å². The number of ether oxygens (including phenoxy) is 1. The molecule has 136 valence electrons. The third kappa shape index (κ3) is 3.74. The van der Waals surface area contributed by atoms with Gasteiger partial charge >= 0.3 is 0 Å². The highest BCUT2D eigenvalue weighted by molar-refractivity contribution is 7.89. The number of hydrogen-bond donors (Lipinski definition) is 0. The van der Waals surface area contributed by atoms with Crippen LogP contribution in [0, 0.1) is 23.0 Å². The average Bonchev–Trinajstić information content (AvgIpc) is 3.19. The van der Waals surface area contributed by atoms with E-state index in [-0.39, 0.29) is 23.3 Å². The van der Waals surface area contributed by atoms with Crippen molar-refractivity contribution in [3.05, 3.63) is 39.9 Å². The third-order valence-electron chi connectivity index (χ3n) is 4.36.